The second-order valence-corrected chi connectivity index (χ2v) is 6.45. The molecule has 0 N–H and O–H groups in total. The van der Waals surface area contributed by atoms with Crippen molar-refractivity contribution >= 4 is 17.5 Å². The molecular formula is C23H27NO2. The van der Waals surface area contributed by atoms with Crippen LogP contribution in [0.1, 0.15) is 33.6 Å². The van der Waals surface area contributed by atoms with E-state index in [1.54, 1.807) is 4.90 Å². The number of amides is 1. The third-order valence-corrected chi connectivity index (χ3v) is 3.94. The van der Waals surface area contributed by atoms with E-state index in [0.717, 1.165) is 24.2 Å². The zero-order valence-corrected chi connectivity index (χ0v) is 15.8. The summed E-state index contributed by atoms with van der Waals surface area (Å²) in [5.41, 5.74) is 4.12. The molecule has 0 atom stereocenters. The van der Waals surface area contributed by atoms with Crippen molar-refractivity contribution in [2.24, 2.45) is 0 Å². The molecular weight excluding hydrogens is 322 g/mol. The van der Waals surface area contributed by atoms with Crippen LogP contribution in [0.2, 0.25) is 0 Å². The van der Waals surface area contributed by atoms with Gasteiger partial charge in [0.15, 0.2) is 0 Å². The minimum Gasteiger partial charge on any atom is -0.445 e. The highest BCUT2D eigenvalue weighted by molar-refractivity contribution is 5.95. The first-order valence-corrected chi connectivity index (χ1v) is 8.94. The van der Waals surface area contributed by atoms with Crippen LogP contribution >= 0.6 is 0 Å². The van der Waals surface area contributed by atoms with Gasteiger partial charge in [0, 0.05) is 0 Å². The molecule has 3 heteroatoms. The van der Waals surface area contributed by atoms with E-state index >= 15 is 0 Å². The van der Waals surface area contributed by atoms with Gasteiger partial charge in [0.2, 0.25) is 0 Å². The van der Waals surface area contributed by atoms with E-state index in [1.165, 1.54) is 11.1 Å². The summed E-state index contributed by atoms with van der Waals surface area (Å²) >= 11 is 0. The van der Waals surface area contributed by atoms with Crippen molar-refractivity contribution < 1.29 is 9.53 Å². The van der Waals surface area contributed by atoms with E-state index in [1.807, 2.05) is 66.7 Å². The number of para-hydroxylation sites is 2. The average molecular weight is 349 g/mol. The summed E-state index contributed by atoms with van der Waals surface area (Å²) in [6.45, 7) is 6.54. The Morgan fingerprint density at radius 2 is 1.42 bits per heavy atom. The molecule has 3 nitrogen and oxygen atoms in total. The standard InChI is InChI=1S/C23H27NO2/c1-19(2)11-10-12-20(3)17-18-26-23(25)24(21-13-6-4-7-14-21)22-15-8-5-9-16-22/h4-9,11,13-17H,10,12,18H2,1-3H3/b20-17+. The number of hydrogen-bond donors (Lipinski definition) is 0. The van der Waals surface area contributed by atoms with E-state index in [4.69, 9.17) is 4.74 Å². The van der Waals surface area contributed by atoms with Crippen molar-refractivity contribution in [3.05, 3.63) is 84.0 Å². The van der Waals surface area contributed by atoms with Crippen LogP contribution in [0.3, 0.4) is 0 Å². The number of allylic oxidation sites excluding steroid dienone is 3. The molecule has 0 fully saturated rings. The quantitative estimate of drug-likeness (QED) is 0.523. The highest BCUT2D eigenvalue weighted by Gasteiger charge is 2.18. The van der Waals surface area contributed by atoms with E-state index in [2.05, 4.69) is 26.8 Å². The molecule has 0 aromatic heterocycles. The predicted octanol–water partition coefficient (Wildman–Crippen LogP) is 6.65. The van der Waals surface area contributed by atoms with Crippen LogP contribution in [0, 0.1) is 0 Å². The SMILES string of the molecule is CC(C)=CCC/C(C)=C/COC(=O)N(c1ccccc1)c1ccccc1. The van der Waals surface area contributed by atoms with Crippen molar-refractivity contribution in [1.29, 1.82) is 0 Å². The summed E-state index contributed by atoms with van der Waals surface area (Å²) < 4.78 is 5.51. The lowest BCUT2D eigenvalue weighted by atomic mass is 10.1. The first kappa shape index (κ1) is 19.5. The number of rotatable bonds is 7. The van der Waals surface area contributed by atoms with E-state index in [9.17, 15) is 4.79 Å². The van der Waals surface area contributed by atoms with Crippen LogP contribution in [0.5, 0.6) is 0 Å². The van der Waals surface area contributed by atoms with Gasteiger partial charge in [0.1, 0.15) is 6.61 Å². The van der Waals surface area contributed by atoms with Crippen molar-refractivity contribution in [2.75, 3.05) is 11.5 Å². The second-order valence-electron chi connectivity index (χ2n) is 6.45. The maximum Gasteiger partial charge on any atom is 0.419 e. The monoisotopic (exact) mass is 349 g/mol. The molecule has 0 unspecified atom stereocenters. The molecule has 2 rings (SSSR count). The summed E-state index contributed by atoms with van der Waals surface area (Å²) in [5.74, 6) is 0. The average Bonchev–Trinajstić information content (AvgIpc) is 2.63. The van der Waals surface area contributed by atoms with Gasteiger partial charge in [-0.2, -0.15) is 0 Å². The Labute approximate surface area is 156 Å². The molecule has 26 heavy (non-hydrogen) atoms. The fourth-order valence-electron chi connectivity index (χ4n) is 2.52. The van der Waals surface area contributed by atoms with Gasteiger partial charge < -0.3 is 4.74 Å². The van der Waals surface area contributed by atoms with Gasteiger partial charge in [-0.3, -0.25) is 0 Å². The minimum absolute atomic E-state index is 0.273. The fraction of sp³-hybridized carbons (Fsp3) is 0.261. The zero-order valence-electron chi connectivity index (χ0n) is 15.8. The Kier molecular flexibility index (Phi) is 7.69. The number of anilines is 2. The van der Waals surface area contributed by atoms with Crippen molar-refractivity contribution in [2.45, 2.75) is 33.6 Å². The van der Waals surface area contributed by atoms with Gasteiger partial charge in [-0.15, -0.1) is 0 Å². The molecule has 1 amide bonds. The third-order valence-electron chi connectivity index (χ3n) is 3.94. The van der Waals surface area contributed by atoms with Crippen LogP contribution < -0.4 is 4.90 Å². The molecule has 0 radical (unpaired) electrons. The molecule has 0 aliphatic carbocycles. The molecule has 136 valence electrons. The summed E-state index contributed by atoms with van der Waals surface area (Å²) in [7, 11) is 0. The normalized spacial score (nSPS) is 11.0. The van der Waals surface area contributed by atoms with Crippen LogP contribution in [0.15, 0.2) is 84.0 Å². The minimum atomic E-state index is -0.379. The second kappa shape index (κ2) is 10.2. The molecule has 0 aliphatic heterocycles. The Bertz CT molecular complexity index is 705. The van der Waals surface area contributed by atoms with Crippen molar-refractivity contribution in [1.82, 2.24) is 0 Å². The fourth-order valence-corrected chi connectivity index (χ4v) is 2.52. The number of hydrogen-bond acceptors (Lipinski definition) is 2. The maximum atomic E-state index is 12.7. The molecule has 0 heterocycles. The number of carbonyl (C=O) groups is 1. The van der Waals surface area contributed by atoms with Gasteiger partial charge in [0.25, 0.3) is 0 Å². The number of benzene rings is 2. The molecule has 0 saturated carbocycles. The number of ether oxygens (including phenoxy) is 1. The van der Waals surface area contributed by atoms with Crippen LogP contribution in [-0.4, -0.2) is 12.7 Å². The highest BCUT2D eigenvalue weighted by atomic mass is 16.6. The van der Waals surface area contributed by atoms with Crippen LogP contribution in [-0.2, 0) is 4.74 Å². The summed E-state index contributed by atoms with van der Waals surface area (Å²) in [4.78, 5) is 14.3. The molecule has 0 aliphatic rings. The molecule has 0 bridgehead atoms. The summed E-state index contributed by atoms with van der Waals surface area (Å²) in [5, 5.41) is 0. The lowest BCUT2D eigenvalue weighted by molar-refractivity contribution is 0.168. The molecule has 2 aromatic rings. The van der Waals surface area contributed by atoms with E-state index in [-0.39, 0.29) is 12.7 Å². The highest BCUT2D eigenvalue weighted by Crippen LogP contribution is 2.25. The van der Waals surface area contributed by atoms with Gasteiger partial charge in [-0.1, -0.05) is 53.6 Å². The smallest absolute Gasteiger partial charge is 0.419 e. The lowest BCUT2D eigenvalue weighted by Crippen LogP contribution is -2.26. The van der Waals surface area contributed by atoms with Gasteiger partial charge in [-0.05, 0) is 64.0 Å². The molecule has 2 aromatic carbocycles. The topological polar surface area (TPSA) is 29.5 Å². The zero-order chi connectivity index (χ0) is 18.8. The lowest BCUT2D eigenvalue weighted by Gasteiger charge is -2.22. The van der Waals surface area contributed by atoms with E-state index < -0.39 is 0 Å². The van der Waals surface area contributed by atoms with Crippen molar-refractivity contribution in [3.63, 3.8) is 0 Å². The first-order chi connectivity index (χ1) is 12.6. The molecule has 0 spiro atoms. The van der Waals surface area contributed by atoms with E-state index in [0.29, 0.717) is 0 Å². The van der Waals surface area contributed by atoms with Gasteiger partial charge in [-0.25, -0.2) is 9.69 Å². The Balaban J connectivity index is 2.03. The number of nitrogens with zero attached hydrogens (tertiary/aromatic N) is 1. The third kappa shape index (κ3) is 6.25. The summed E-state index contributed by atoms with van der Waals surface area (Å²) in [6, 6.07) is 19.1. The number of carbonyl (C=O) groups excluding carboxylic acids is 1. The molecule has 0 saturated heterocycles. The van der Waals surface area contributed by atoms with Gasteiger partial charge >= 0.3 is 6.09 Å². The Morgan fingerprint density at radius 3 is 1.92 bits per heavy atom. The van der Waals surface area contributed by atoms with Crippen LogP contribution in [0.25, 0.3) is 0 Å². The largest absolute Gasteiger partial charge is 0.445 e. The first-order valence-electron chi connectivity index (χ1n) is 8.94. The van der Waals surface area contributed by atoms with Crippen LogP contribution in [0.4, 0.5) is 16.2 Å². The Morgan fingerprint density at radius 1 is 0.885 bits per heavy atom. The Hall–Kier alpha value is -2.81. The predicted molar refractivity (Wildman–Crippen MR) is 109 cm³/mol. The summed E-state index contributed by atoms with van der Waals surface area (Å²) in [6.07, 6.45) is 5.80. The maximum absolute atomic E-state index is 12.7. The van der Waals surface area contributed by atoms with Gasteiger partial charge in [0.05, 0.1) is 11.4 Å². The van der Waals surface area contributed by atoms with Crippen molar-refractivity contribution in [3.8, 4) is 0 Å².